The Morgan fingerprint density at radius 3 is 2.38 bits per heavy atom. The van der Waals surface area contributed by atoms with Gasteiger partial charge in [0.25, 0.3) is 0 Å². The van der Waals surface area contributed by atoms with Crippen molar-refractivity contribution in [1.29, 1.82) is 0 Å². The van der Waals surface area contributed by atoms with Gasteiger partial charge in [-0.05, 0) is 74.6 Å². The van der Waals surface area contributed by atoms with Gasteiger partial charge in [-0.1, -0.05) is 31.9 Å². The summed E-state index contributed by atoms with van der Waals surface area (Å²) < 4.78 is 6.23. The summed E-state index contributed by atoms with van der Waals surface area (Å²) in [6.07, 6.45) is 5.57. The number of aryl methyl sites for hydroxylation is 2. The van der Waals surface area contributed by atoms with Gasteiger partial charge < -0.3 is 14.5 Å². The first-order valence-corrected chi connectivity index (χ1v) is 11.9. The summed E-state index contributed by atoms with van der Waals surface area (Å²) in [6, 6.07) is 5.65. The minimum Gasteiger partial charge on any atom is -0.481 e. The van der Waals surface area contributed by atoms with Gasteiger partial charge in [0.2, 0.25) is 11.8 Å². The molecule has 0 aliphatic carbocycles. The van der Waals surface area contributed by atoms with Gasteiger partial charge >= 0.3 is 5.97 Å². The molecule has 2 aromatic heterocycles. The largest absolute Gasteiger partial charge is 0.481 e. The Kier molecular flexibility index (Phi) is 7.07. The van der Waals surface area contributed by atoms with E-state index in [0.717, 1.165) is 50.0 Å². The average Bonchev–Trinajstić information content (AvgIpc) is 3.42. The van der Waals surface area contributed by atoms with Crippen LogP contribution in [0, 0.1) is 6.92 Å². The molecule has 0 saturated heterocycles. The number of aliphatic carboxylic acids is 1. The summed E-state index contributed by atoms with van der Waals surface area (Å²) in [4.78, 5) is 28.9. The highest BCUT2D eigenvalue weighted by atomic mass is 16.4. The zero-order valence-corrected chi connectivity index (χ0v) is 21.6. The van der Waals surface area contributed by atoms with Crippen molar-refractivity contribution in [1.82, 2.24) is 19.9 Å². The van der Waals surface area contributed by atoms with Crippen molar-refractivity contribution in [2.24, 2.45) is 0 Å². The van der Waals surface area contributed by atoms with Gasteiger partial charge in [0.05, 0.1) is 17.1 Å². The Morgan fingerprint density at radius 2 is 1.73 bits per heavy atom. The van der Waals surface area contributed by atoms with E-state index in [0.29, 0.717) is 35.3 Å². The molecule has 2 aliphatic heterocycles. The van der Waals surface area contributed by atoms with E-state index in [4.69, 9.17) is 14.4 Å². The van der Waals surface area contributed by atoms with E-state index >= 15 is 0 Å². The molecule has 4 heterocycles. The highest BCUT2D eigenvalue weighted by Gasteiger charge is 2.21. The van der Waals surface area contributed by atoms with Crippen LogP contribution in [0.5, 0.6) is 0 Å². The molecule has 0 unspecified atom stereocenters. The van der Waals surface area contributed by atoms with Crippen LogP contribution in [0.2, 0.25) is 0 Å². The summed E-state index contributed by atoms with van der Waals surface area (Å²) in [5, 5.41) is 9.28. The lowest BCUT2D eigenvalue weighted by atomic mass is 10.1. The molecular formula is C30H30N4O3. The number of aromatic nitrogens is 4. The van der Waals surface area contributed by atoms with Gasteiger partial charge in [0.15, 0.2) is 0 Å². The Morgan fingerprint density at radius 1 is 1.03 bits per heavy atom. The fourth-order valence-corrected chi connectivity index (χ4v) is 4.38. The third kappa shape index (κ3) is 4.93. The van der Waals surface area contributed by atoms with E-state index in [1.54, 1.807) is 18.3 Å². The molecule has 2 aromatic rings. The molecule has 0 fully saturated rings. The summed E-state index contributed by atoms with van der Waals surface area (Å²) in [7, 11) is 0. The molecule has 0 aromatic carbocycles. The van der Waals surface area contributed by atoms with Crippen molar-refractivity contribution in [3.05, 3.63) is 96.3 Å². The van der Waals surface area contributed by atoms with E-state index in [1.165, 1.54) is 0 Å². The molecule has 0 amide bonds. The molecule has 6 bridgehead atoms. The highest BCUT2D eigenvalue weighted by molar-refractivity contribution is 5.96. The normalized spacial score (nSPS) is 12.9. The minimum absolute atomic E-state index is 0.0202. The predicted molar refractivity (Wildman–Crippen MR) is 149 cm³/mol. The first-order valence-electron chi connectivity index (χ1n) is 11.9. The number of fused-ring (bicyclic) bond motifs is 6. The van der Waals surface area contributed by atoms with E-state index < -0.39 is 5.97 Å². The minimum atomic E-state index is -0.851. The van der Waals surface area contributed by atoms with Gasteiger partial charge in [-0.2, -0.15) is 0 Å². The summed E-state index contributed by atoms with van der Waals surface area (Å²) in [5.74, 6) is 0.000437. The lowest BCUT2D eigenvalue weighted by molar-refractivity contribution is -0.136. The molecular weight excluding hydrogens is 464 g/mol. The zero-order chi connectivity index (χ0) is 26.9. The Hall–Kier alpha value is -4.52. The number of carboxylic acids is 1. The second-order valence-electron chi connectivity index (χ2n) is 9.04. The molecule has 0 atom stereocenters. The maximum atomic E-state index is 11.3. The number of rotatable bonds is 6. The van der Waals surface area contributed by atoms with Crippen molar-refractivity contribution in [2.75, 3.05) is 0 Å². The van der Waals surface area contributed by atoms with Crippen LogP contribution < -0.4 is 0 Å². The van der Waals surface area contributed by atoms with E-state index in [9.17, 15) is 9.90 Å². The fourth-order valence-electron chi connectivity index (χ4n) is 4.38. The molecule has 37 heavy (non-hydrogen) atoms. The smallest absolute Gasteiger partial charge is 0.303 e. The quantitative estimate of drug-likeness (QED) is 0.449. The summed E-state index contributed by atoms with van der Waals surface area (Å²) >= 11 is 0. The van der Waals surface area contributed by atoms with Gasteiger partial charge in [0, 0.05) is 40.4 Å². The predicted octanol–water partition coefficient (Wildman–Crippen LogP) is 6.98. The number of aromatic amines is 1. The summed E-state index contributed by atoms with van der Waals surface area (Å²) in [6.45, 7) is 19.7. The van der Waals surface area contributed by atoms with Gasteiger partial charge in [0.1, 0.15) is 0 Å². The lowest BCUT2D eigenvalue weighted by Crippen LogP contribution is -1.97. The molecule has 0 saturated carbocycles. The van der Waals surface area contributed by atoms with Crippen LogP contribution in [0.3, 0.4) is 0 Å². The topological polar surface area (TPSA) is 105 Å². The molecule has 188 valence electrons. The summed E-state index contributed by atoms with van der Waals surface area (Å²) in [5.41, 5.74) is 9.69. The van der Waals surface area contributed by atoms with Crippen LogP contribution in [0.1, 0.15) is 67.2 Å². The molecule has 0 spiro atoms. The van der Waals surface area contributed by atoms with E-state index in [2.05, 4.69) is 29.7 Å². The maximum absolute atomic E-state index is 11.3. The molecule has 2 N–H and O–H groups in total. The number of nitrogens with one attached hydrogen (secondary N) is 1. The van der Waals surface area contributed by atoms with Crippen LogP contribution in [0.25, 0.3) is 38.9 Å². The van der Waals surface area contributed by atoms with Crippen LogP contribution in [0.15, 0.2) is 60.7 Å². The second-order valence-corrected chi connectivity index (χ2v) is 9.04. The number of nitrogens with zero attached hydrogens (tertiary/aromatic N) is 3. The van der Waals surface area contributed by atoms with Crippen LogP contribution in [-0.2, 0) is 11.2 Å². The van der Waals surface area contributed by atoms with Crippen LogP contribution in [-0.4, -0.2) is 31.0 Å². The van der Waals surface area contributed by atoms with Gasteiger partial charge in [-0.25, -0.2) is 9.97 Å². The lowest BCUT2D eigenvalue weighted by Gasteiger charge is -1.98. The number of hydrogen-bond acceptors (Lipinski definition) is 5. The van der Waals surface area contributed by atoms with Crippen molar-refractivity contribution < 1.29 is 14.3 Å². The van der Waals surface area contributed by atoms with Gasteiger partial charge in [-0.3, -0.25) is 9.78 Å². The van der Waals surface area contributed by atoms with Crippen molar-refractivity contribution >= 4 is 44.9 Å². The molecule has 4 rings (SSSR count). The Balaban J connectivity index is 2.15. The Bertz CT molecular complexity index is 1600. The van der Waals surface area contributed by atoms with E-state index in [1.807, 2.05) is 45.9 Å². The second kappa shape index (κ2) is 10.2. The van der Waals surface area contributed by atoms with E-state index in [-0.39, 0.29) is 6.42 Å². The Labute approximate surface area is 216 Å². The van der Waals surface area contributed by atoms with Crippen LogP contribution in [0.4, 0.5) is 0 Å². The highest BCUT2D eigenvalue weighted by Crippen LogP contribution is 2.35. The third-order valence-corrected chi connectivity index (χ3v) is 6.55. The van der Waals surface area contributed by atoms with Gasteiger partial charge in [-0.15, -0.1) is 0 Å². The van der Waals surface area contributed by atoms with Crippen molar-refractivity contribution in [2.45, 2.75) is 40.5 Å². The monoisotopic (exact) mass is 494 g/mol. The molecule has 7 heteroatoms. The number of carbonyl (C=O) groups is 1. The number of allylic oxidation sites excluding steroid dienone is 7. The first kappa shape index (κ1) is 25.6. The van der Waals surface area contributed by atoms with Crippen LogP contribution >= 0.6 is 0 Å². The fraction of sp³-hybridized carbons (Fsp3) is 0.200. The van der Waals surface area contributed by atoms with Crippen molar-refractivity contribution in [3.63, 3.8) is 0 Å². The maximum Gasteiger partial charge on any atom is 0.303 e. The third-order valence-electron chi connectivity index (χ3n) is 6.55. The average molecular weight is 495 g/mol. The molecule has 0 radical (unpaired) electrons. The number of hydrogen-bond donors (Lipinski definition) is 2. The number of H-pyrrole nitrogens is 1. The molecule has 2 aliphatic rings. The SMILES string of the molecule is C=CC1=C(C)c2nc1cc1[nH]c(ccnc(C(=C)C)cc3nc(o2)C(C=C)=C3C)c(CCC(=O)O)c1C. The first-order chi connectivity index (χ1) is 17.6. The zero-order valence-electron chi connectivity index (χ0n) is 21.6. The standard InChI is InChI=1S/C30H30N4O3/c1-8-20-19(7)29-34-27(20)15-25-18(6)22(10-11-28(35)36)23(32-25)12-13-31-24(16(3)4)14-26-17(5)21(9-2)30(33-26)37-29/h8-9,12-15,32H,1-3,10-11H2,4-7H3,(H,35,36). The molecule has 7 nitrogen and oxygen atoms in total. The van der Waals surface area contributed by atoms with Crippen molar-refractivity contribution in [3.8, 4) is 0 Å². The number of carboxylic acid groups (broad SMARTS) is 1.